The lowest BCUT2D eigenvalue weighted by atomic mass is 9.84. The molecule has 1 N–H and O–H groups in total. The van der Waals surface area contributed by atoms with Gasteiger partial charge in [0, 0.05) is 19.6 Å². The van der Waals surface area contributed by atoms with Crippen LogP contribution in [0.2, 0.25) is 0 Å². The van der Waals surface area contributed by atoms with Crippen LogP contribution in [0, 0.1) is 5.92 Å². The number of nitrogens with zero attached hydrogens (tertiary/aromatic N) is 2. The molecule has 10 heteroatoms. The van der Waals surface area contributed by atoms with E-state index in [1.54, 1.807) is 9.80 Å². The van der Waals surface area contributed by atoms with Gasteiger partial charge in [0.1, 0.15) is 18.7 Å². The summed E-state index contributed by atoms with van der Waals surface area (Å²) in [7, 11) is 0. The van der Waals surface area contributed by atoms with E-state index in [4.69, 9.17) is 9.47 Å². The fourth-order valence-electron chi connectivity index (χ4n) is 5.22. The average Bonchev–Trinajstić information content (AvgIpc) is 3.15. The lowest BCUT2D eigenvalue weighted by Gasteiger charge is -2.39. The first-order valence-corrected chi connectivity index (χ1v) is 11.2. The average molecular weight is 492 g/mol. The first kappa shape index (κ1) is 29.1. The van der Waals surface area contributed by atoms with Gasteiger partial charge >= 0.3 is 6.03 Å². The molecular weight excluding hydrogens is 450 g/mol. The molecule has 0 unspecified atom stereocenters. The van der Waals surface area contributed by atoms with Gasteiger partial charge in [0.2, 0.25) is 5.91 Å². The summed E-state index contributed by atoms with van der Waals surface area (Å²) in [5.74, 6) is 0.309. The van der Waals surface area contributed by atoms with Gasteiger partial charge in [-0.15, -0.1) is 0 Å². The monoisotopic (exact) mass is 491 g/mol. The van der Waals surface area contributed by atoms with Crippen molar-refractivity contribution in [1.82, 2.24) is 15.1 Å². The number of amides is 3. The molecule has 4 fully saturated rings. The third-order valence-corrected chi connectivity index (χ3v) is 6.82. The highest BCUT2D eigenvalue weighted by atomic mass is 32.1. The molecule has 0 bridgehead atoms. The van der Waals surface area contributed by atoms with Crippen LogP contribution >= 0.6 is 27.0 Å². The molecule has 186 valence electrons. The van der Waals surface area contributed by atoms with E-state index in [0.29, 0.717) is 45.2 Å². The van der Waals surface area contributed by atoms with Crippen molar-refractivity contribution >= 4 is 44.7 Å². The summed E-state index contributed by atoms with van der Waals surface area (Å²) >= 11 is 0. The predicted octanol–water partition coefficient (Wildman–Crippen LogP) is 2.19. The topological polar surface area (TPSA) is 88.2 Å². The van der Waals surface area contributed by atoms with Crippen LogP contribution in [0.25, 0.3) is 0 Å². The van der Waals surface area contributed by atoms with Gasteiger partial charge in [-0.2, -0.15) is 27.0 Å². The van der Waals surface area contributed by atoms with E-state index >= 15 is 0 Å². The number of nitrogens with one attached hydrogen (secondary N) is 1. The second kappa shape index (κ2) is 13.7. The van der Waals surface area contributed by atoms with Gasteiger partial charge in [0.25, 0.3) is 0 Å². The van der Waals surface area contributed by atoms with Gasteiger partial charge in [-0.3, -0.25) is 9.59 Å². The molecule has 0 spiro atoms. The Morgan fingerprint density at radius 3 is 2.38 bits per heavy atom. The molecule has 4 rings (SSSR count). The second-order valence-corrected chi connectivity index (χ2v) is 8.78. The number of ketones is 1. The summed E-state index contributed by atoms with van der Waals surface area (Å²) in [6.45, 7) is 2.77. The minimum atomic E-state index is -0.583. The Kier molecular flexibility index (Phi) is 12.4. The second-order valence-electron chi connectivity index (χ2n) is 8.78. The Hall–Kier alpha value is -0.970. The van der Waals surface area contributed by atoms with Crippen molar-refractivity contribution in [3.63, 3.8) is 0 Å². The summed E-state index contributed by atoms with van der Waals surface area (Å²) in [5, 5.41) is 3.01. The third kappa shape index (κ3) is 6.77. The number of morpholine rings is 1. The number of fused-ring (bicyclic) bond motifs is 1. The number of hydrogen-bond acceptors (Lipinski definition) is 5. The number of Topliss-reactive ketones (excluding diaryl/α,β-unsaturated/α-hetero) is 1. The first-order chi connectivity index (χ1) is 14.1. The van der Waals surface area contributed by atoms with E-state index < -0.39 is 12.1 Å². The molecule has 0 aromatic heterocycles. The van der Waals surface area contributed by atoms with Gasteiger partial charge in [-0.25, -0.2) is 4.79 Å². The third-order valence-electron chi connectivity index (χ3n) is 6.82. The normalized spacial score (nSPS) is 26.7. The largest absolute Gasteiger partial charge is 0.378 e. The predicted molar refractivity (Wildman–Crippen MR) is 133 cm³/mol. The van der Waals surface area contributed by atoms with Crippen molar-refractivity contribution in [2.75, 3.05) is 39.5 Å². The summed E-state index contributed by atoms with van der Waals surface area (Å²) in [6.07, 6.45) is 7.92. The van der Waals surface area contributed by atoms with Crippen molar-refractivity contribution < 1.29 is 23.9 Å². The van der Waals surface area contributed by atoms with Crippen LogP contribution in [0.5, 0.6) is 0 Å². The highest BCUT2D eigenvalue weighted by Crippen LogP contribution is 2.30. The molecular formula is C22H41N3O5S2. The smallest absolute Gasteiger partial charge is 0.318 e. The number of piperidine rings is 1. The summed E-state index contributed by atoms with van der Waals surface area (Å²) in [4.78, 5) is 42.1. The molecule has 3 saturated heterocycles. The molecule has 4 aliphatic rings. The Morgan fingerprint density at radius 2 is 1.69 bits per heavy atom. The molecule has 3 heterocycles. The van der Waals surface area contributed by atoms with Crippen LogP contribution in [-0.2, 0) is 19.1 Å². The maximum absolute atomic E-state index is 13.5. The van der Waals surface area contributed by atoms with Gasteiger partial charge < -0.3 is 24.6 Å². The highest BCUT2D eigenvalue weighted by Gasteiger charge is 2.46. The summed E-state index contributed by atoms with van der Waals surface area (Å²) in [5.41, 5.74) is 0. The Labute approximate surface area is 206 Å². The fourth-order valence-corrected chi connectivity index (χ4v) is 5.22. The number of rotatable bonds is 4. The van der Waals surface area contributed by atoms with Gasteiger partial charge in [-0.05, 0) is 25.2 Å². The minimum absolute atomic E-state index is 0. The van der Waals surface area contributed by atoms with Crippen LogP contribution in [0.3, 0.4) is 0 Å². The van der Waals surface area contributed by atoms with E-state index in [2.05, 4.69) is 5.32 Å². The zero-order chi connectivity index (χ0) is 20.2. The molecule has 0 aromatic rings. The molecule has 32 heavy (non-hydrogen) atoms. The van der Waals surface area contributed by atoms with Gasteiger partial charge in [-0.1, -0.05) is 39.5 Å². The van der Waals surface area contributed by atoms with E-state index in [9.17, 15) is 14.4 Å². The molecule has 3 aliphatic heterocycles. The number of ether oxygens (including phenoxy) is 2. The molecule has 1 saturated carbocycles. The maximum Gasteiger partial charge on any atom is 0.318 e. The molecule has 3 amide bonds. The standard InChI is InChI=1S/C21H33N3O5.CH4.2H2S/c25-17-14-29-18-7-4-8-24(19(17)18)20(26)16(13-15-5-2-1-3-6-15)22-21(27)23-9-11-28-12-10-23;;;/h15-16,18-19H,1-14H2,(H,22,27);1H4;2*1H2/t16-,18-,19-;;;/m0.../s1. The van der Waals surface area contributed by atoms with Crippen molar-refractivity contribution in [3.8, 4) is 0 Å². The lowest BCUT2D eigenvalue weighted by molar-refractivity contribution is -0.142. The number of carbonyl (C=O) groups excluding carboxylic acids is 3. The Bertz CT molecular complexity index is 627. The zero-order valence-electron chi connectivity index (χ0n) is 18.1. The van der Waals surface area contributed by atoms with Crippen molar-refractivity contribution in [3.05, 3.63) is 0 Å². The first-order valence-electron chi connectivity index (χ1n) is 11.2. The molecule has 1 aliphatic carbocycles. The number of carbonyl (C=O) groups is 3. The number of hydrogen-bond donors (Lipinski definition) is 1. The van der Waals surface area contributed by atoms with E-state index in [0.717, 1.165) is 25.7 Å². The summed E-state index contributed by atoms with van der Waals surface area (Å²) in [6, 6.07) is -1.27. The van der Waals surface area contributed by atoms with E-state index in [-0.39, 0.29) is 64.9 Å². The molecule has 8 nitrogen and oxygen atoms in total. The van der Waals surface area contributed by atoms with Crippen LogP contribution in [0.1, 0.15) is 58.8 Å². The number of urea groups is 1. The molecule has 3 atom stereocenters. The van der Waals surface area contributed by atoms with Crippen molar-refractivity contribution in [2.45, 2.75) is 77.0 Å². The fraction of sp³-hybridized carbons (Fsp3) is 0.864. The van der Waals surface area contributed by atoms with E-state index in [1.165, 1.54) is 19.3 Å². The van der Waals surface area contributed by atoms with Crippen LogP contribution < -0.4 is 5.32 Å². The SMILES string of the molecule is C.O=C1CO[C@H]2CCCN(C(=O)[C@H](CC3CCCCC3)NC(=O)N3CCOCC3)[C@@H]12.S.S. The zero-order valence-corrected chi connectivity index (χ0v) is 20.1. The van der Waals surface area contributed by atoms with E-state index in [1.807, 2.05) is 0 Å². The molecule has 0 radical (unpaired) electrons. The Morgan fingerprint density at radius 1 is 1.00 bits per heavy atom. The van der Waals surface area contributed by atoms with Crippen LogP contribution in [0.15, 0.2) is 0 Å². The molecule has 0 aromatic carbocycles. The number of likely N-dealkylation sites (tertiary alicyclic amines) is 1. The van der Waals surface area contributed by atoms with Gasteiger partial charge in [0.15, 0.2) is 5.78 Å². The maximum atomic E-state index is 13.5. The highest BCUT2D eigenvalue weighted by molar-refractivity contribution is 7.59. The van der Waals surface area contributed by atoms with Crippen molar-refractivity contribution in [1.29, 1.82) is 0 Å². The minimum Gasteiger partial charge on any atom is -0.378 e. The van der Waals surface area contributed by atoms with Crippen LogP contribution in [0.4, 0.5) is 4.79 Å². The van der Waals surface area contributed by atoms with Crippen molar-refractivity contribution in [2.24, 2.45) is 5.92 Å². The van der Waals surface area contributed by atoms with Gasteiger partial charge in [0.05, 0.1) is 19.3 Å². The Balaban J connectivity index is 0.00000171. The summed E-state index contributed by atoms with van der Waals surface area (Å²) < 4.78 is 10.9. The quantitative estimate of drug-likeness (QED) is 0.651. The lowest BCUT2D eigenvalue weighted by Crippen LogP contribution is -2.59. The van der Waals surface area contributed by atoms with Crippen LogP contribution in [-0.4, -0.2) is 85.2 Å².